The van der Waals surface area contributed by atoms with Gasteiger partial charge in [0.1, 0.15) is 5.75 Å². The molecule has 0 aromatic heterocycles. The summed E-state index contributed by atoms with van der Waals surface area (Å²) < 4.78 is 5.34. The maximum atomic E-state index is 14.3. The molecular formula is C42H54N2O5. The molecule has 0 radical (unpaired) electrons. The number of amides is 2. The molecule has 7 nitrogen and oxygen atoms in total. The zero-order valence-electron chi connectivity index (χ0n) is 29.9. The van der Waals surface area contributed by atoms with Crippen LogP contribution in [0.5, 0.6) is 5.75 Å². The first-order valence-corrected chi connectivity index (χ1v) is 18.0. The number of hydrogen-bond acceptors (Lipinski definition) is 5. The number of allylic oxidation sites excluding steroid dienone is 2. The minimum absolute atomic E-state index is 0.0866. The van der Waals surface area contributed by atoms with Crippen molar-refractivity contribution in [1.29, 1.82) is 0 Å². The van der Waals surface area contributed by atoms with Crippen LogP contribution in [0.15, 0.2) is 84.4 Å². The first-order chi connectivity index (χ1) is 23.5. The molecule has 3 aliphatic rings. The van der Waals surface area contributed by atoms with E-state index in [0.717, 1.165) is 36.0 Å². The lowest BCUT2D eigenvalue weighted by Gasteiger charge is -2.46. The Morgan fingerprint density at radius 2 is 1.78 bits per heavy atom. The van der Waals surface area contributed by atoms with Crippen LogP contribution in [0.3, 0.4) is 0 Å². The van der Waals surface area contributed by atoms with Gasteiger partial charge >= 0.3 is 6.03 Å². The van der Waals surface area contributed by atoms with Gasteiger partial charge in [-0.05, 0) is 118 Å². The summed E-state index contributed by atoms with van der Waals surface area (Å²) in [5, 5.41) is 26.9. The highest BCUT2D eigenvalue weighted by Crippen LogP contribution is 2.59. The van der Waals surface area contributed by atoms with Crippen LogP contribution < -0.4 is 10.1 Å². The minimum Gasteiger partial charge on any atom is -0.497 e. The summed E-state index contributed by atoms with van der Waals surface area (Å²) in [5.41, 5.74) is 3.43. The van der Waals surface area contributed by atoms with Gasteiger partial charge in [0.05, 0.1) is 31.4 Å². The van der Waals surface area contributed by atoms with E-state index in [-0.39, 0.29) is 30.3 Å². The SMILES string of the molecule is CCCN(C[C@]1(O)CC[C@H]2c3ccc(cc3C(=O)c3ccc(OC)cc3)C[C@@H](O)CCC(C)=CCC[C@@]21C)C(=O)N[C@H](C)c1ccccc1. The lowest BCUT2D eigenvalue weighted by atomic mass is 9.64. The zero-order valence-corrected chi connectivity index (χ0v) is 29.9. The van der Waals surface area contributed by atoms with Gasteiger partial charge in [0.2, 0.25) is 0 Å². The molecular weight excluding hydrogens is 612 g/mol. The number of rotatable bonds is 9. The van der Waals surface area contributed by atoms with Crippen LogP contribution in [0.25, 0.3) is 0 Å². The summed E-state index contributed by atoms with van der Waals surface area (Å²) in [4.78, 5) is 29.9. The second kappa shape index (κ2) is 15.7. The molecule has 262 valence electrons. The topological polar surface area (TPSA) is 99.1 Å². The number of carbonyl (C=O) groups is 2. The summed E-state index contributed by atoms with van der Waals surface area (Å²) in [7, 11) is 1.60. The number of aliphatic hydroxyl groups is 2. The summed E-state index contributed by atoms with van der Waals surface area (Å²) in [6, 6.07) is 22.8. The van der Waals surface area contributed by atoms with E-state index in [4.69, 9.17) is 4.74 Å². The second-order valence-corrected chi connectivity index (χ2v) is 14.5. The monoisotopic (exact) mass is 666 g/mol. The van der Waals surface area contributed by atoms with Crippen LogP contribution in [0.2, 0.25) is 0 Å². The van der Waals surface area contributed by atoms with Crippen molar-refractivity contribution >= 4 is 11.8 Å². The summed E-state index contributed by atoms with van der Waals surface area (Å²) in [6.45, 7) is 9.03. The molecule has 3 aromatic rings. The molecule has 3 aliphatic carbocycles. The molecule has 2 amide bonds. The molecule has 0 spiro atoms. The Morgan fingerprint density at radius 1 is 1.04 bits per heavy atom. The van der Waals surface area contributed by atoms with Crippen molar-refractivity contribution in [2.75, 3.05) is 20.2 Å². The fraction of sp³-hybridized carbons (Fsp3) is 0.476. The highest BCUT2D eigenvalue weighted by Gasteiger charge is 2.57. The van der Waals surface area contributed by atoms with E-state index < -0.39 is 17.1 Å². The number of carbonyl (C=O) groups excluding carboxylic acids is 2. The van der Waals surface area contributed by atoms with Crippen molar-refractivity contribution < 1.29 is 24.5 Å². The first-order valence-electron chi connectivity index (χ1n) is 18.0. The van der Waals surface area contributed by atoms with Crippen molar-refractivity contribution in [3.63, 3.8) is 0 Å². The van der Waals surface area contributed by atoms with E-state index in [1.54, 1.807) is 36.3 Å². The highest BCUT2D eigenvalue weighted by atomic mass is 16.5. The molecule has 3 N–H and O–H groups in total. The molecule has 0 heterocycles. The molecule has 0 saturated heterocycles. The van der Waals surface area contributed by atoms with Gasteiger partial charge in [-0.3, -0.25) is 4.79 Å². The van der Waals surface area contributed by atoms with E-state index in [1.807, 2.05) is 49.4 Å². The Morgan fingerprint density at radius 3 is 2.47 bits per heavy atom. The van der Waals surface area contributed by atoms with Gasteiger partial charge in [0, 0.05) is 23.1 Å². The fourth-order valence-electron chi connectivity index (χ4n) is 8.03. The number of urea groups is 1. The lowest BCUT2D eigenvalue weighted by molar-refractivity contribution is -0.0770. The van der Waals surface area contributed by atoms with Crippen LogP contribution in [0.4, 0.5) is 4.79 Å². The van der Waals surface area contributed by atoms with Crippen LogP contribution >= 0.6 is 0 Å². The largest absolute Gasteiger partial charge is 0.497 e. The van der Waals surface area contributed by atoms with E-state index >= 15 is 0 Å². The second-order valence-electron chi connectivity index (χ2n) is 14.5. The fourth-order valence-corrected chi connectivity index (χ4v) is 8.03. The van der Waals surface area contributed by atoms with Crippen LogP contribution in [-0.4, -0.2) is 58.8 Å². The van der Waals surface area contributed by atoms with Gasteiger partial charge in [0.15, 0.2) is 5.78 Å². The third kappa shape index (κ3) is 8.11. The average Bonchev–Trinajstić information content (AvgIpc) is 3.35. The van der Waals surface area contributed by atoms with Crippen molar-refractivity contribution in [3.8, 4) is 5.75 Å². The van der Waals surface area contributed by atoms with Crippen LogP contribution in [0.1, 0.15) is 117 Å². The van der Waals surface area contributed by atoms with E-state index in [1.165, 1.54) is 5.57 Å². The molecule has 2 bridgehead atoms. The number of fused-ring (bicyclic) bond motifs is 8. The Kier molecular flexibility index (Phi) is 11.7. The number of ketones is 1. The number of benzene rings is 3. The Bertz CT molecular complexity index is 1620. The Labute approximate surface area is 292 Å². The molecule has 49 heavy (non-hydrogen) atoms. The van der Waals surface area contributed by atoms with E-state index in [0.29, 0.717) is 55.5 Å². The molecule has 1 saturated carbocycles. The van der Waals surface area contributed by atoms with Gasteiger partial charge in [-0.2, -0.15) is 0 Å². The van der Waals surface area contributed by atoms with Crippen LogP contribution in [0, 0.1) is 5.41 Å². The van der Waals surface area contributed by atoms with Crippen molar-refractivity contribution in [3.05, 3.63) is 112 Å². The zero-order chi connectivity index (χ0) is 35.2. The lowest BCUT2D eigenvalue weighted by Crippen LogP contribution is -2.55. The standard InChI is InChI=1S/C42H54N2O5/c1-6-25-44(40(47)43-30(3)32-12-8-7-9-13-32)28-42(48)24-22-38-36-21-15-31(26-34(45)18-14-29(2)11-10-23-41(38,42)4)27-37(36)39(46)33-16-19-35(49-5)20-17-33/h7-9,11-13,15-17,19-21,27,30,34,38,45,48H,6,10,14,18,22-26,28H2,1-5H3,(H,43,47)/t30-,34+,38+,41+,42-/m1/s1. The number of hydrogen-bond donors (Lipinski definition) is 3. The molecule has 6 rings (SSSR count). The Hall–Kier alpha value is -3.94. The normalized spacial score (nSPS) is 24.7. The number of nitrogens with one attached hydrogen (secondary N) is 1. The van der Waals surface area contributed by atoms with Gasteiger partial charge in [0.25, 0.3) is 0 Å². The maximum absolute atomic E-state index is 14.3. The quantitative estimate of drug-likeness (QED) is 0.158. The number of methoxy groups -OCH3 is 1. The Balaban J connectivity index is 1.53. The third-order valence-electron chi connectivity index (χ3n) is 11.1. The number of ether oxygens (including phenoxy) is 1. The molecule has 0 aliphatic heterocycles. The summed E-state index contributed by atoms with van der Waals surface area (Å²) in [6.07, 6.45) is 7.01. The van der Waals surface area contributed by atoms with E-state index in [9.17, 15) is 19.8 Å². The summed E-state index contributed by atoms with van der Waals surface area (Å²) >= 11 is 0. The highest BCUT2D eigenvalue weighted by molar-refractivity contribution is 6.10. The molecule has 3 aromatic carbocycles. The van der Waals surface area contributed by atoms with Crippen molar-refractivity contribution in [2.24, 2.45) is 5.41 Å². The van der Waals surface area contributed by atoms with Crippen molar-refractivity contribution in [1.82, 2.24) is 10.2 Å². The summed E-state index contributed by atoms with van der Waals surface area (Å²) in [5.74, 6) is 0.468. The smallest absolute Gasteiger partial charge is 0.317 e. The third-order valence-corrected chi connectivity index (χ3v) is 11.1. The molecule has 5 atom stereocenters. The predicted octanol–water partition coefficient (Wildman–Crippen LogP) is 8.15. The molecule has 0 unspecified atom stereocenters. The molecule has 1 fully saturated rings. The van der Waals surface area contributed by atoms with Crippen LogP contribution in [-0.2, 0) is 6.42 Å². The first kappa shape index (κ1) is 36.3. The number of nitrogens with zero attached hydrogens (tertiary/aromatic N) is 1. The van der Waals surface area contributed by atoms with Gasteiger partial charge in [-0.25, -0.2) is 4.79 Å². The van der Waals surface area contributed by atoms with Crippen molar-refractivity contribution in [2.45, 2.75) is 103 Å². The molecule has 7 heteroatoms. The predicted molar refractivity (Wildman–Crippen MR) is 195 cm³/mol. The van der Waals surface area contributed by atoms with Gasteiger partial charge < -0.3 is 25.2 Å². The maximum Gasteiger partial charge on any atom is 0.317 e. The average molecular weight is 667 g/mol. The van der Waals surface area contributed by atoms with Gasteiger partial charge in [-0.15, -0.1) is 0 Å². The van der Waals surface area contributed by atoms with Gasteiger partial charge in [-0.1, -0.05) is 68.0 Å². The minimum atomic E-state index is -1.19. The van der Waals surface area contributed by atoms with E-state index in [2.05, 4.69) is 38.2 Å². The number of aliphatic hydroxyl groups excluding tert-OH is 1.